The largest absolute Gasteiger partial charge is 0.0806 e. The van der Waals surface area contributed by atoms with Crippen molar-refractivity contribution in [2.75, 3.05) is 0 Å². The van der Waals surface area contributed by atoms with E-state index in [0.717, 1.165) is 5.86 Å². The topological polar surface area (TPSA) is 0 Å². The summed E-state index contributed by atoms with van der Waals surface area (Å²) < 4.78 is 1.66. The van der Waals surface area contributed by atoms with Crippen molar-refractivity contribution in [1.29, 1.82) is 0 Å². The molecule has 0 bridgehead atoms. The van der Waals surface area contributed by atoms with Crippen LogP contribution in [0.5, 0.6) is 0 Å². The lowest BCUT2D eigenvalue weighted by Gasteiger charge is -2.07. The Kier molecular flexibility index (Phi) is 7.56. The van der Waals surface area contributed by atoms with Gasteiger partial charge in [-0.05, 0) is 6.42 Å². The molecule has 0 radical (unpaired) electrons. The Hall–Kier alpha value is 2.19. The first-order chi connectivity index (χ1) is 3.68. The van der Waals surface area contributed by atoms with Crippen molar-refractivity contribution in [3.05, 3.63) is 0 Å². The second kappa shape index (κ2) is 5.94. The Bertz CT molecular complexity index is 53.6. The summed E-state index contributed by atoms with van der Waals surface area (Å²) >= 11 is 7.46. The maximum atomic E-state index is 2.52. The molecule has 0 fully saturated rings. The molecule has 50 valence electrons. The van der Waals surface area contributed by atoms with Gasteiger partial charge < -0.3 is 0 Å². The second-order valence-corrected chi connectivity index (χ2v) is 8.31. The normalized spacial score (nSPS) is 14.6. The molecule has 0 aliphatic carbocycles. The molecule has 0 aromatic carbocycles. The summed E-state index contributed by atoms with van der Waals surface area (Å²) in [6.45, 7) is 2.24. The van der Waals surface area contributed by atoms with Gasteiger partial charge in [0, 0.05) is 3.92 Å². The van der Waals surface area contributed by atoms with Crippen molar-refractivity contribution >= 4 is 67.8 Å². The Labute approximate surface area is 92.0 Å². The van der Waals surface area contributed by atoms with Crippen LogP contribution in [0.4, 0.5) is 0 Å². The highest BCUT2D eigenvalue weighted by Crippen LogP contribution is 2.24. The van der Waals surface area contributed by atoms with E-state index in [4.69, 9.17) is 0 Å². The monoisotopic (exact) mass is 450 g/mol. The van der Waals surface area contributed by atoms with Gasteiger partial charge in [-0.25, -0.2) is 0 Å². The molecule has 0 amide bonds. The molecule has 0 aromatic rings. The highest BCUT2D eigenvalue weighted by Gasteiger charge is 2.08. The minimum Gasteiger partial charge on any atom is -0.0806 e. The molecule has 0 aromatic heterocycles. The average Bonchev–Trinajstić information content (AvgIpc) is 1.67. The summed E-state index contributed by atoms with van der Waals surface area (Å²) in [7, 11) is 0. The molecule has 3 heteroatoms. The summed E-state index contributed by atoms with van der Waals surface area (Å²) in [6.07, 6.45) is 2.67. The minimum atomic E-state index is 0.797. The average molecular weight is 450 g/mol. The number of halogens is 3. The second-order valence-electron chi connectivity index (χ2n) is 1.64. The van der Waals surface area contributed by atoms with Gasteiger partial charge in [0.25, 0.3) is 0 Å². The first-order valence-corrected chi connectivity index (χ1v) is 6.34. The van der Waals surface area contributed by atoms with Crippen LogP contribution in [0.2, 0.25) is 0 Å². The van der Waals surface area contributed by atoms with Crippen LogP contribution in [0.1, 0.15) is 19.8 Å². The lowest BCUT2D eigenvalue weighted by atomic mass is 10.3. The smallest absolute Gasteiger partial charge is 0.0743 e. The summed E-state index contributed by atoms with van der Waals surface area (Å²) in [5.41, 5.74) is 0. The molecule has 0 aliphatic rings. The SMILES string of the molecule is CCCC(I)C(I)I. The van der Waals surface area contributed by atoms with E-state index < -0.39 is 0 Å². The fourth-order valence-electron chi connectivity index (χ4n) is 0.402. The van der Waals surface area contributed by atoms with Crippen molar-refractivity contribution in [1.82, 2.24) is 0 Å². The van der Waals surface area contributed by atoms with E-state index in [1.165, 1.54) is 12.8 Å². The van der Waals surface area contributed by atoms with E-state index in [-0.39, 0.29) is 0 Å². The standard InChI is InChI=1S/C5H9I3/c1-2-3-4(6)5(7)8/h4-5H,2-3H2,1H3. The van der Waals surface area contributed by atoms with Crippen molar-refractivity contribution in [3.8, 4) is 0 Å². The third-order valence-corrected chi connectivity index (χ3v) is 6.67. The van der Waals surface area contributed by atoms with Gasteiger partial charge in [0.2, 0.25) is 0 Å². The number of alkyl halides is 3. The van der Waals surface area contributed by atoms with E-state index in [1.807, 2.05) is 0 Å². The van der Waals surface area contributed by atoms with Crippen LogP contribution in [0, 0.1) is 0 Å². The highest BCUT2D eigenvalue weighted by atomic mass is 127. The van der Waals surface area contributed by atoms with Crippen LogP contribution in [-0.2, 0) is 0 Å². The lowest BCUT2D eigenvalue weighted by molar-refractivity contribution is 0.812. The van der Waals surface area contributed by atoms with Crippen LogP contribution in [0.15, 0.2) is 0 Å². The van der Waals surface area contributed by atoms with Crippen molar-refractivity contribution in [2.45, 2.75) is 25.6 Å². The van der Waals surface area contributed by atoms with Crippen molar-refractivity contribution < 1.29 is 0 Å². The molecular weight excluding hydrogens is 441 g/mol. The summed E-state index contributed by atoms with van der Waals surface area (Å²) in [5, 5.41) is 0. The fourth-order valence-corrected chi connectivity index (χ4v) is 1.74. The van der Waals surface area contributed by atoms with Gasteiger partial charge in [0.15, 0.2) is 0 Å². The summed E-state index contributed by atoms with van der Waals surface area (Å²) in [4.78, 5) is 0. The molecule has 0 saturated carbocycles. The van der Waals surface area contributed by atoms with E-state index in [0.29, 0.717) is 0 Å². The van der Waals surface area contributed by atoms with E-state index in [1.54, 1.807) is 0 Å². The van der Waals surface area contributed by atoms with E-state index >= 15 is 0 Å². The van der Waals surface area contributed by atoms with Gasteiger partial charge in [-0.15, -0.1) is 0 Å². The maximum absolute atomic E-state index is 2.52. The number of rotatable bonds is 3. The van der Waals surface area contributed by atoms with Crippen molar-refractivity contribution in [2.24, 2.45) is 0 Å². The zero-order valence-electron chi connectivity index (χ0n) is 4.70. The van der Waals surface area contributed by atoms with Crippen LogP contribution in [-0.4, -0.2) is 5.86 Å². The van der Waals surface area contributed by atoms with Gasteiger partial charge in [-0.3, -0.25) is 0 Å². The molecule has 0 nitrogen and oxygen atoms in total. The zero-order chi connectivity index (χ0) is 6.57. The minimum absolute atomic E-state index is 0.797. The van der Waals surface area contributed by atoms with Gasteiger partial charge >= 0.3 is 0 Å². The zero-order valence-corrected chi connectivity index (χ0v) is 11.2. The van der Waals surface area contributed by atoms with Crippen LogP contribution in [0.25, 0.3) is 0 Å². The molecule has 0 aliphatic heterocycles. The molecular formula is C5H9I3. The quantitative estimate of drug-likeness (QED) is 0.454. The molecule has 0 N–H and O–H groups in total. The molecule has 8 heavy (non-hydrogen) atoms. The Balaban J connectivity index is 3.17. The molecule has 1 unspecified atom stereocenters. The first kappa shape index (κ1) is 10.2. The van der Waals surface area contributed by atoms with Crippen LogP contribution in [0.3, 0.4) is 0 Å². The maximum Gasteiger partial charge on any atom is 0.0743 e. The Morgan fingerprint density at radius 3 is 1.88 bits per heavy atom. The van der Waals surface area contributed by atoms with E-state index in [2.05, 4.69) is 74.7 Å². The molecule has 0 rings (SSSR count). The van der Waals surface area contributed by atoms with E-state index in [9.17, 15) is 0 Å². The predicted octanol–water partition coefficient (Wildman–Crippen LogP) is 3.79. The molecule has 1 atom stereocenters. The molecule has 0 heterocycles. The van der Waals surface area contributed by atoms with Crippen LogP contribution < -0.4 is 0 Å². The fraction of sp³-hybridized carbons (Fsp3) is 1.00. The number of hydrogen-bond donors (Lipinski definition) is 0. The third kappa shape index (κ3) is 5.01. The highest BCUT2D eigenvalue weighted by molar-refractivity contribution is 14.2. The number of hydrogen-bond acceptors (Lipinski definition) is 0. The Morgan fingerprint density at radius 2 is 1.75 bits per heavy atom. The first-order valence-electron chi connectivity index (χ1n) is 2.60. The summed E-state index contributed by atoms with van der Waals surface area (Å²) in [6, 6.07) is 0. The third-order valence-electron chi connectivity index (χ3n) is 0.838. The van der Waals surface area contributed by atoms with Gasteiger partial charge in [-0.2, -0.15) is 0 Å². The van der Waals surface area contributed by atoms with Gasteiger partial charge in [0.1, 0.15) is 0 Å². The molecule has 0 spiro atoms. The molecule has 0 saturated heterocycles. The summed E-state index contributed by atoms with van der Waals surface area (Å²) in [5.74, 6) is 0. The van der Waals surface area contributed by atoms with Gasteiger partial charge in [0.05, 0.1) is 1.93 Å². The van der Waals surface area contributed by atoms with Crippen LogP contribution >= 0.6 is 67.8 Å². The predicted molar refractivity (Wildman–Crippen MR) is 64.5 cm³/mol. The Morgan fingerprint density at radius 1 is 1.25 bits per heavy atom. The van der Waals surface area contributed by atoms with Crippen molar-refractivity contribution in [3.63, 3.8) is 0 Å². The lowest BCUT2D eigenvalue weighted by Crippen LogP contribution is -2.04. The van der Waals surface area contributed by atoms with Gasteiger partial charge in [-0.1, -0.05) is 81.1 Å².